The highest BCUT2D eigenvalue weighted by Gasteiger charge is 2.12. The van der Waals surface area contributed by atoms with Gasteiger partial charge in [-0.05, 0) is 42.0 Å². The SMILES string of the molecule is CCNS(=O)(=O)c1ccc(/C=C/C(=O)Nc2ccc(OC(F)F)c(Cl)c2)cc1. The molecule has 28 heavy (non-hydrogen) atoms. The monoisotopic (exact) mass is 430 g/mol. The number of amides is 1. The maximum Gasteiger partial charge on any atom is 0.387 e. The second-order valence-electron chi connectivity index (χ2n) is 5.42. The van der Waals surface area contributed by atoms with E-state index < -0.39 is 22.5 Å². The number of benzene rings is 2. The Labute approximate surface area is 166 Å². The Hall–Kier alpha value is -2.49. The zero-order valence-electron chi connectivity index (χ0n) is 14.7. The number of hydrogen-bond acceptors (Lipinski definition) is 4. The molecule has 0 atom stereocenters. The van der Waals surface area contributed by atoms with E-state index in [1.54, 1.807) is 19.1 Å². The number of halogens is 3. The summed E-state index contributed by atoms with van der Waals surface area (Å²) < 4.78 is 54.7. The molecule has 1 amide bonds. The Kier molecular flexibility index (Phi) is 7.50. The van der Waals surface area contributed by atoms with Crippen molar-refractivity contribution in [2.75, 3.05) is 11.9 Å². The fourth-order valence-electron chi connectivity index (χ4n) is 2.16. The number of rotatable bonds is 8. The Balaban J connectivity index is 2.01. The first kappa shape index (κ1) is 21.8. The number of ether oxygens (including phenoxy) is 1. The van der Waals surface area contributed by atoms with Gasteiger partial charge in [-0.2, -0.15) is 8.78 Å². The lowest BCUT2D eigenvalue weighted by atomic mass is 10.2. The number of sulfonamides is 1. The number of carbonyl (C=O) groups is 1. The second kappa shape index (κ2) is 9.63. The summed E-state index contributed by atoms with van der Waals surface area (Å²) in [5.41, 5.74) is 0.914. The highest BCUT2D eigenvalue weighted by Crippen LogP contribution is 2.28. The molecule has 0 unspecified atom stereocenters. The Bertz CT molecular complexity index is 964. The average molecular weight is 431 g/mol. The topological polar surface area (TPSA) is 84.5 Å². The molecule has 2 aromatic carbocycles. The van der Waals surface area contributed by atoms with Crippen molar-refractivity contribution < 1.29 is 26.7 Å². The molecule has 0 aliphatic rings. The van der Waals surface area contributed by atoms with E-state index in [4.69, 9.17) is 11.6 Å². The average Bonchev–Trinajstić information content (AvgIpc) is 2.62. The number of alkyl halides is 2. The van der Waals surface area contributed by atoms with Crippen molar-refractivity contribution in [1.29, 1.82) is 0 Å². The van der Waals surface area contributed by atoms with Gasteiger partial charge in [0.1, 0.15) is 5.75 Å². The van der Waals surface area contributed by atoms with Crippen molar-refractivity contribution in [2.24, 2.45) is 0 Å². The highest BCUT2D eigenvalue weighted by atomic mass is 35.5. The van der Waals surface area contributed by atoms with Crippen LogP contribution in [0.2, 0.25) is 5.02 Å². The zero-order valence-corrected chi connectivity index (χ0v) is 16.2. The van der Waals surface area contributed by atoms with E-state index in [0.29, 0.717) is 11.3 Å². The molecular weight excluding hydrogens is 414 g/mol. The Morgan fingerprint density at radius 3 is 2.46 bits per heavy atom. The van der Waals surface area contributed by atoms with Gasteiger partial charge in [-0.15, -0.1) is 0 Å². The van der Waals surface area contributed by atoms with Crippen molar-refractivity contribution in [3.63, 3.8) is 0 Å². The van der Waals surface area contributed by atoms with Gasteiger partial charge in [-0.3, -0.25) is 4.79 Å². The van der Waals surface area contributed by atoms with Gasteiger partial charge in [0.2, 0.25) is 15.9 Å². The first-order valence-electron chi connectivity index (χ1n) is 8.04. The van der Waals surface area contributed by atoms with Crippen LogP contribution in [0.3, 0.4) is 0 Å². The summed E-state index contributed by atoms with van der Waals surface area (Å²) in [4.78, 5) is 12.1. The van der Waals surface area contributed by atoms with Gasteiger partial charge < -0.3 is 10.1 Å². The van der Waals surface area contributed by atoms with E-state index in [1.165, 1.54) is 42.5 Å². The number of anilines is 1. The third-order valence-electron chi connectivity index (χ3n) is 3.37. The summed E-state index contributed by atoms with van der Waals surface area (Å²) in [5, 5.41) is 2.46. The van der Waals surface area contributed by atoms with Crippen molar-refractivity contribution in [1.82, 2.24) is 4.72 Å². The molecule has 2 rings (SSSR count). The number of carbonyl (C=O) groups excluding carboxylic acids is 1. The number of nitrogens with one attached hydrogen (secondary N) is 2. The van der Waals surface area contributed by atoms with Gasteiger partial charge in [0, 0.05) is 18.3 Å². The highest BCUT2D eigenvalue weighted by molar-refractivity contribution is 7.89. The van der Waals surface area contributed by atoms with Crippen LogP contribution in [0.15, 0.2) is 53.4 Å². The third kappa shape index (κ3) is 6.29. The third-order valence-corrected chi connectivity index (χ3v) is 5.22. The molecular formula is C18H17ClF2N2O4S. The van der Waals surface area contributed by atoms with E-state index in [1.807, 2.05) is 0 Å². The summed E-state index contributed by atoms with van der Waals surface area (Å²) >= 11 is 5.82. The van der Waals surface area contributed by atoms with Gasteiger partial charge in [0.25, 0.3) is 0 Å². The predicted molar refractivity (Wildman–Crippen MR) is 103 cm³/mol. The minimum atomic E-state index is -3.54. The van der Waals surface area contributed by atoms with Crippen LogP contribution in [0.4, 0.5) is 14.5 Å². The second-order valence-corrected chi connectivity index (χ2v) is 7.59. The molecule has 6 nitrogen and oxygen atoms in total. The molecule has 0 saturated heterocycles. The normalized spacial score (nSPS) is 11.8. The van der Waals surface area contributed by atoms with Crippen molar-refractivity contribution in [3.05, 3.63) is 59.1 Å². The molecule has 0 aromatic heterocycles. The van der Waals surface area contributed by atoms with E-state index in [9.17, 15) is 22.0 Å². The zero-order chi connectivity index (χ0) is 20.7. The molecule has 0 aliphatic heterocycles. The van der Waals surface area contributed by atoms with Gasteiger partial charge in [0.15, 0.2) is 0 Å². The molecule has 2 N–H and O–H groups in total. The summed E-state index contributed by atoms with van der Waals surface area (Å²) in [6.45, 7) is -1.04. The van der Waals surface area contributed by atoms with Crippen molar-refractivity contribution in [3.8, 4) is 5.75 Å². The summed E-state index contributed by atoms with van der Waals surface area (Å²) in [6, 6.07) is 9.84. The van der Waals surface area contributed by atoms with Crippen LogP contribution in [-0.2, 0) is 14.8 Å². The molecule has 10 heteroatoms. The van der Waals surface area contributed by atoms with Gasteiger partial charge in [-0.25, -0.2) is 13.1 Å². The lowest BCUT2D eigenvalue weighted by Gasteiger charge is -2.08. The summed E-state index contributed by atoms with van der Waals surface area (Å²) in [5.74, 6) is -0.680. The molecule has 0 fully saturated rings. The van der Waals surface area contributed by atoms with Crippen LogP contribution in [-0.4, -0.2) is 27.5 Å². The van der Waals surface area contributed by atoms with Crippen LogP contribution in [0, 0.1) is 0 Å². The molecule has 0 saturated carbocycles. The molecule has 0 bridgehead atoms. The lowest BCUT2D eigenvalue weighted by Crippen LogP contribution is -2.22. The predicted octanol–water partition coefficient (Wildman–Crippen LogP) is 3.89. The first-order chi connectivity index (χ1) is 13.2. The van der Waals surface area contributed by atoms with Crippen LogP contribution < -0.4 is 14.8 Å². The largest absolute Gasteiger partial charge is 0.433 e. The van der Waals surface area contributed by atoms with Crippen LogP contribution in [0.25, 0.3) is 6.08 Å². The van der Waals surface area contributed by atoms with Gasteiger partial charge in [-0.1, -0.05) is 30.7 Å². The summed E-state index contributed by atoms with van der Waals surface area (Å²) in [7, 11) is -3.54. The lowest BCUT2D eigenvalue weighted by molar-refractivity contribution is -0.111. The molecule has 0 aliphatic carbocycles. The maximum absolute atomic E-state index is 12.2. The molecule has 0 heterocycles. The Morgan fingerprint density at radius 1 is 1.21 bits per heavy atom. The van der Waals surface area contributed by atoms with Gasteiger partial charge in [0.05, 0.1) is 9.92 Å². The fraction of sp³-hybridized carbons (Fsp3) is 0.167. The minimum Gasteiger partial charge on any atom is -0.433 e. The molecule has 0 spiro atoms. The van der Waals surface area contributed by atoms with Crippen LogP contribution >= 0.6 is 11.6 Å². The van der Waals surface area contributed by atoms with Crippen LogP contribution in [0.5, 0.6) is 5.75 Å². The smallest absolute Gasteiger partial charge is 0.387 e. The first-order valence-corrected chi connectivity index (χ1v) is 9.90. The van der Waals surface area contributed by atoms with E-state index in [2.05, 4.69) is 14.8 Å². The Morgan fingerprint density at radius 2 is 1.89 bits per heavy atom. The molecule has 150 valence electrons. The van der Waals surface area contributed by atoms with Gasteiger partial charge >= 0.3 is 6.61 Å². The molecule has 0 radical (unpaired) electrons. The van der Waals surface area contributed by atoms with Crippen LogP contribution in [0.1, 0.15) is 12.5 Å². The standard InChI is InChI=1S/C18H17ClF2N2O4S/c1-2-22-28(25,26)14-7-3-12(4-8-14)5-10-17(24)23-13-6-9-16(15(19)11-13)27-18(20)21/h3-11,18,22H,2H2,1H3,(H,23,24)/b10-5+. The fourth-order valence-corrected chi connectivity index (χ4v) is 3.42. The van der Waals surface area contributed by atoms with E-state index in [0.717, 1.165) is 0 Å². The van der Waals surface area contributed by atoms with E-state index in [-0.39, 0.29) is 22.2 Å². The van der Waals surface area contributed by atoms with Crippen molar-refractivity contribution in [2.45, 2.75) is 18.4 Å². The summed E-state index contributed by atoms with van der Waals surface area (Å²) in [6.07, 6.45) is 2.74. The molecule has 2 aromatic rings. The van der Waals surface area contributed by atoms with Crippen molar-refractivity contribution >= 4 is 39.3 Å². The number of hydrogen-bond donors (Lipinski definition) is 2. The maximum atomic E-state index is 12.2. The quantitative estimate of drug-likeness (QED) is 0.622. The van der Waals surface area contributed by atoms with E-state index >= 15 is 0 Å². The minimum absolute atomic E-state index is 0.0698.